The van der Waals surface area contributed by atoms with Gasteiger partial charge in [0.2, 0.25) is 5.91 Å². The van der Waals surface area contributed by atoms with Gasteiger partial charge in [-0.05, 0) is 115 Å². The van der Waals surface area contributed by atoms with Gasteiger partial charge in [-0.25, -0.2) is 4.57 Å². The predicted octanol–water partition coefficient (Wildman–Crippen LogP) is 19.7. The van der Waals surface area contributed by atoms with E-state index >= 15 is 0 Å². The van der Waals surface area contributed by atoms with E-state index in [-0.39, 0.29) is 31.5 Å². The molecule has 0 aliphatic heterocycles. The average molecular weight is 1110 g/mol. The van der Waals surface area contributed by atoms with Crippen LogP contribution in [0.4, 0.5) is 0 Å². The number of carbonyl (C=O) groups excluding carboxylic acids is 2. The van der Waals surface area contributed by atoms with Gasteiger partial charge in [0.25, 0.3) is 0 Å². The summed E-state index contributed by atoms with van der Waals surface area (Å²) in [6.07, 6.45) is 77.9. The molecular weight excluding hydrogens is 988 g/mol. The fourth-order valence-corrected chi connectivity index (χ4v) is 9.30. The summed E-state index contributed by atoms with van der Waals surface area (Å²) in [4.78, 5) is 37.7. The molecule has 0 rings (SSSR count). The highest BCUT2D eigenvalue weighted by Gasteiger charge is 2.30. The molecule has 448 valence electrons. The van der Waals surface area contributed by atoms with Crippen molar-refractivity contribution in [1.29, 1.82) is 0 Å². The smallest absolute Gasteiger partial charge is 0.456 e. The van der Waals surface area contributed by atoms with Crippen molar-refractivity contribution in [2.75, 3.05) is 40.9 Å². The first-order valence-electron chi connectivity index (χ1n) is 31.7. The molecule has 0 aromatic heterocycles. The molecule has 0 aliphatic rings. The van der Waals surface area contributed by atoms with Gasteiger partial charge in [0, 0.05) is 12.8 Å². The fourth-order valence-electron chi connectivity index (χ4n) is 8.56. The Labute approximate surface area is 481 Å². The maximum absolute atomic E-state index is 13.5. The number of hydrogen-bond donors (Lipinski definition) is 2. The summed E-state index contributed by atoms with van der Waals surface area (Å²) < 4.78 is 30.7. The summed E-state index contributed by atoms with van der Waals surface area (Å²) in [5, 5.41) is 3.04. The topological polar surface area (TPSA) is 111 Å². The highest BCUT2D eigenvalue weighted by molar-refractivity contribution is 7.47. The van der Waals surface area contributed by atoms with Crippen LogP contribution in [-0.4, -0.2) is 74.3 Å². The van der Waals surface area contributed by atoms with Gasteiger partial charge in [-0.3, -0.25) is 18.6 Å². The van der Waals surface area contributed by atoms with Crippen molar-refractivity contribution in [2.45, 2.75) is 270 Å². The second kappa shape index (κ2) is 56.9. The van der Waals surface area contributed by atoms with Crippen LogP contribution in [0, 0.1) is 0 Å². The number of likely N-dealkylation sites (N-methyl/N-ethyl adjacent to an activating group) is 1. The summed E-state index contributed by atoms with van der Waals surface area (Å²) in [5.74, 6) is -0.548. The summed E-state index contributed by atoms with van der Waals surface area (Å²) >= 11 is 0. The van der Waals surface area contributed by atoms with Crippen LogP contribution in [0.25, 0.3) is 0 Å². The largest absolute Gasteiger partial charge is 0.472 e. The quantitative estimate of drug-likeness (QED) is 0.0205. The summed E-state index contributed by atoms with van der Waals surface area (Å²) in [6, 6.07) is -0.870. The van der Waals surface area contributed by atoms with Crippen molar-refractivity contribution >= 4 is 19.7 Å². The van der Waals surface area contributed by atoms with E-state index in [1.54, 1.807) is 0 Å². The molecule has 0 heterocycles. The number of phosphoric ester groups is 1. The third-order valence-corrected chi connectivity index (χ3v) is 14.4. The van der Waals surface area contributed by atoms with Crippen molar-refractivity contribution in [3.8, 4) is 0 Å². The normalized spacial score (nSPS) is 14.4. The lowest BCUT2D eigenvalue weighted by Gasteiger charge is -2.27. The first-order chi connectivity index (χ1) is 37.9. The molecule has 0 saturated carbocycles. The number of amides is 1. The first-order valence-corrected chi connectivity index (χ1v) is 33.2. The van der Waals surface area contributed by atoms with Crippen molar-refractivity contribution in [1.82, 2.24) is 5.32 Å². The third-order valence-electron chi connectivity index (χ3n) is 13.4. The number of quaternary nitrogens is 1. The van der Waals surface area contributed by atoms with E-state index in [4.69, 9.17) is 13.8 Å². The Morgan fingerprint density at radius 3 is 1.26 bits per heavy atom. The van der Waals surface area contributed by atoms with Crippen LogP contribution in [0.15, 0.2) is 109 Å². The molecule has 2 N–H and O–H groups in total. The third kappa shape index (κ3) is 57.4. The summed E-state index contributed by atoms with van der Waals surface area (Å²) in [5.41, 5.74) is 0. The van der Waals surface area contributed by atoms with Gasteiger partial charge in [0.05, 0.1) is 33.8 Å². The van der Waals surface area contributed by atoms with Crippen LogP contribution in [0.2, 0.25) is 0 Å². The Bertz CT molecular complexity index is 1700. The molecule has 10 heteroatoms. The summed E-state index contributed by atoms with van der Waals surface area (Å²) in [7, 11) is 1.46. The van der Waals surface area contributed by atoms with E-state index in [0.29, 0.717) is 23.9 Å². The number of rotatable bonds is 56. The monoisotopic (exact) mass is 1110 g/mol. The maximum atomic E-state index is 13.5. The van der Waals surface area contributed by atoms with Crippen LogP contribution in [0.1, 0.15) is 258 Å². The van der Waals surface area contributed by atoms with Crippen LogP contribution >= 0.6 is 7.82 Å². The number of allylic oxidation sites excluding steroid dienone is 17. The molecule has 0 aromatic rings. The average Bonchev–Trinajstić information content (AvgIpc) is 3.40. The molecule has 0 bridgehead atoms. The van der Waals surface area contributed by atoms with E-state index in [1.165, 1.54) is 96.3 Å². The number of hydrogen-bond acceptors (Lipinski definition) is 6. The Morgan fingerprint density at radius 1 is 0.462 bits per heavy atom. The number of unbranched alkanes of at least 4 members (excludes halogenated alkanes) is 24. The Morgan fingerprint density at radius 2 is 0.821 bits per heavy atom. The van der Waals surface area contributed by atoms with Crippen molar-refractivity contribution in [3.63, 3.8) is 0 Å². The van der Waals surface area contributed by atoms with Crippen molar-refractivity contribution in [2.24, 2.45) is 0 Å². The minimum Gasteiger partial charge on any atom is -0.456 e. The predicted molar refractivity (Wildman–Crippen MR) is 337 cm³/mol. The summed E-state index contributed by atoms with van der Waals surface area (Å²) in [6.45, 7) is 6.84. The fraction of sp³-hybridized carbons (Fsp3) is 0.706. The lowest BCUT2D eigenvalue weighted by molar-refractivity contribution is -0.870. The molecule has 3 unspecified atom stereocenters. The maximum Gasteiger partial charge on any atom is 0.472 e. The number of phosphoric acid groups is 1. The molecule has 0 aliphatic carbocycles. The highest BCUT2D eigenvalue weighted by Crippen LogP contribution is 2.43. The molecule has 3 atom stereocenters. The van der Waals surface area contributed by atoms with E-state index in [1.807, 2.05) is 33.3 Å². The van der Waals surface area contributed by atoms with E-state index < -0.39 is 20.0 Å². The van der Waals surface area contributed by atoms with Gasteiger partial charge < -0.3 is 19.4 Å². The SMILES string of the molecule is CC/C=C\C/C=C\C/C=C\C/C=C\C/C=C\C/C=C\CCCCCCC(=O)OC(/C=C\CCCCCCCCCCCC)C(COP(=O)(O)OCC[N+](C)(C)C)NC(=O)CCCCCCCCC/C=C\C/C=C\CCCCC. The molecular formula is C68H120N2O7P+. The zero-order valence-corrected chi connectivity index (χ0v) is 52.0. The van der Waals surface area contributed by atoms with Gasteiger partial charge >= 0.3 is 13.8 Å². The zero-order valence-electron chi connectivity index (χ0n) is 51.1. The standard InChI is InChI=1S/C68H119N2O7P/c1-7-10-13-16-19-22-25-28-30-32-33-34-35-36-37-39-41-43-46-49-52-55-58-61-68(72)77-66(59-56-53-50-47-44-27-24-21-18-15-12-9-3)65(64-76-78(73,74)75-63-62-70(4,5)6)69-67(71)60-57-54-51-48-45-42-40-38-31-29-26-23-20-17-14-11-8-2/h10,13,19-20,22-23,28-31,33-34,36-37,41,43,56,59,65-66H,7-9,11-12,14-18,21,24-27,32,35,38-40,42,44-55,57-58,60-64H2,1-6H3,(H-,69,71,73,74)/p+1/b13-10-,22-19-,23-20-,30-28-,31-29-,34-33-,37-36-,43-41-,59-56-. The van der Waals surface area contributed by atoms with E-state index in [2.05, 4.69) is 123 Å². The number of carbonyl (C=O) groups is 2. The lowest BCUT2D eigenvalue weighted by atomic mass is 10.0. The van der Waals surface area contributed by atoms with Crippen LogP contribution in [-0.2, 0) is 27.9 Å². The molecule has 0 spiro atoms. The minimum atomic E-state index is -4.46. The molecule has 0 fully saturated rings. The number of nitrogens with one attached hydrogen (secondary N) is 1. The number of esters is 1. The van der Waals surface area contributed by atoms with Crippen LogP contribution in [0.5, 0.6) is 0 Å². The van der Waals surface area contributed by atoms with Gasteiger partial charge in [-0.2, -0.15) is 0 Å². The number of nitrogens with zero attached hydrogens (tertiary/aromatic N) is 1. The molecule has 78 heavy (non-hydrogen) atoms. The molecule has 9 nitrogen and oxygen atoms in total. The molecule has 1 amide bonds. The zero-order chi connectivity index (χ0) is 57.2. The van der Waals surface area contributed by atoms with Crippen LogP contribution in [0.3, 0.4) is 0 Å². The van der Waals surface area contributed by atoms with Gasteiger partial charge in [0.15, 0.2) is 0 Å². The highest BCUT2D eigenvalue weighted by atomic mass is 31.2. The van der Waals surface area contributed by atoms with Gasteiger partial charge in [-0.15, -0.1) is 0 Å². The van der Waals surface area contributed by atoms with E-state index in [0.717, 1.165) is 122 Å². The Hall–Kier alpha value is -3.33. The molecule has 0 radical (unpaired) electrons. The molecule has 0 aromatic carbocycles. The Balaban J connectivity index is 5.30. The Kier molecular flexibility index (Phi) is 54.5. The van der Waals surface area contributed by atoms with Crippen LogP contribution < -0.4 is 5.32 Å². The second-order valence-electron chi connectivity index (χ2n) is 22.2. The lowest BCUT2D eigenvalue weighted by Crippen LogP contribution is -2.47. The second-order valence-corrected chi connectivity index (χ2v) is 23.6. The number of ether oxygens (including phenoxy) is 1. The van der Waals surface area contributed by atoms with Crippen molar-refractivity contribution in [3.05, 3.63) is 109 Å². The minimum absolute atomic E-state index is 0.0288. The van der Waals surface area contributed by atoms with Gasteiger partial charge in [-0.1, -0.05) is 240 Å². The van der Waals surface area contributed by atoms with E-state index in [9.17, 15) is 19.0 Å². The first kappa shape index (κ1) is 74.7. The molecule has 0 saturated heterocycles. The van der Waals surface area contributed by atoms with Gasteiger partial charge in [0.1, 0.15) is 19.3 Å². The van der Waals surface area contributed by atoms with Crippen molar-refractivity contribution < 1.29 is 37.3 Å².